The Balaban J connectivity index is 1.77. The Morgan fingerprint density at radius 1 is 0.906 bits per heavy atom. The summed E-state index contributed by atoms with van der Waals surface area (Å²) in [5.41, 5.74) is 2.11. The first kappa shape index (κ1) is 23.0. The van der Waals surface area contributed by atoms with Gasteiger partial charge in [-0.05, 0) is 60.2 Å². The summed E-state index contributed by atoms with van der Waals surface area (Å²) >= 11 is 6.07. The van der Waals surface area contributed by atoms with Gasteiger partial charge in [-0.3, -0.25) is 14.4 Å². The molecule has 164 valence electrons. The summed E-state index contributed by atoms with van der Waals surface area (Å²) < 4.78 is 13.1. The van der Waals surface area contributed by atoms with E-state index >= 15 is 0 Å². The van der Waals surface area contributed by atoms with Crippen molar-refractivity contribution in [3.63, 3.8) is 0 Å². The summed E-state index contributed by atoms with van der Waals surface area (Å²) in [5.74, 6) is -1.46. The highest BCUT2D eigenvalue weighted by Gasteiger charge is 2.19. The maximum Gasteiger partial charge on any atom is 0.256 e. The number of carbonyl (C=O) groups is 3. The zero-order chi connectivity index (χ0) is 23.3. The van der Waals surface area contributed by atoms with Crippen LogP contribution in [0.15, 0.2) is 66.7 Å². The summed E-state index contributed by atoms with van der Waals surface area (Å²) in [4.78, 5) is 38.8. The standard InChI is InChI=1S/C24H21ClFN3O3/c1-27-22(30)16-5-3-15(4-6-16)14-29(2)24(32)20-12-9-18(25)13-21(20)28-23(31)17-7-10-19(26)11-8-17/h3-13H,14H2,1-2H3,(H,27,30)(H,28,31). The normalized spacial score (nSPS) is 10.4. The number of hydrogen-bond acceptors (Lipinski definition) is 3. The second kappa shape index (κ2) is 10.1. The molecule has 0 atom stereocenters. The van der Waals surface area contributed by atoms with Crippen molar-refractivity contribution in [3.05, 3.63) is 99.8 Å². The molecule has 0 radical (unpaired) electrons. The van der Waals surface area contributed by atoms with E-state index in [9.17, 15) is 18.8 Å². The molecule has 0 saturated heterocycles. The monoisotopic (exact) mass is 453 g/mol. The van der Waals surface area contributed by atoms with Gasteiger partial charge in [0.1, 0.15) is 5.82 Å². The van der Waals surface area contributed by atoms with Crippen LogP contribution >= 0.6 is 11.6 Å². The van der Waals surface area contributed by atoms with E-state index < -0.39 is 11.7 Å². The molecule has 2 N–H and O–H groups in total. The van der Waals surface area contributed by atoms with Crippen molar-refractivity contribution in [3.8, 4) is 0 Å². The molecular formula is C24H21ClFN3O3. The summed E-state index contributed by atoms with van der Waals surface area (Å²) in [6.07, 6.45) is 0. The molecule has 0 spiro atoms. The van der Waals surface area contributed by atoms with Gasteiger partial charge in [-0.15, -0.1) is 0 Å². The molecule has 3 aromatic carbocycles. The maximum atomic E-state index is 13.1. The molecular weight excluding hydrogens is 433 g/mol. The number of nitrogens with zero attached hydrogens (tertiary/aromatic N) is 1. The minimum atomic E-state index is -0.492. The molecule has 0 heterocycles. The van der Waals surface area contributed by atoms with Crippen molar-refractivity contribution in [2.75, 3.05) is 19.4 Å². The lowest BCUT2D eigenvalue weighted by Gasteiger charge is -2.20. The van der Waals surface area contributed by atoms with E-state index in [1.165, 1.54) is 41.3 Å². The number of halogens is 2. The summed E-state index contributed by atoms with van der Waals surface area (Å²) in [6.45, 7) is 0.292. The molecule has 3 amide bonds. The lowest BCUT2D eigenvalue weighted by atomic mass is 10.1. The Morgan fingerprint density at radius 3 is 2.12 bits per heavy atom. The molecule has 0 aromatic heterocycles. The van der Waals surface area contributed by atoms with Gasteiger partial charge < -0.3 is 15.5 Å². The molecule has 0 bridgehead atoms. The number of carbonyl (C=O) groups excluding carboxylic acids is 3. The molecule has 0 aliphatic carbocycles. The average Bonchev–Trinajstić information content (AvgIpc) is 2.79. The van der Waals surface area contributed by atoms with Gasteiger partial charge in [-0.1, -0.05) is 23.7 Å². The Kier molecular flexibility index (Phi) is 7.22. The van der Waals surface area contributed by atoms with Gasteiger partial charge in [0, 0.05) is 36.8 Å². The number of benzene rings is 3. The molecule has 8 heteroatoms. The highest BCUT2D eigenvalue weighted by molar-refractivity contribution is 6.31. The van der Waals surface area contributed by atoms with Gasteiger partial charge in [0.2, 0.25) is 0 Å². The first-order chi connectivity index (χ1) is 15.3. The van der Waals surface area contributed by atoms with Gasteiger partial charge in [0.15, 0.2) is 0 Å². The number of hydrogen-bond donors (Lipinski definition) is 2. The second-order valence-electron chi connectivity index (χ2n) is 7.09. The SMILES string of the molecule is CNC(=O)c1ccc(CN(C)C(=O)c2ccc(Cl)cc2NC(=O)c2ccc(F)cc2)cc1. The van der Waals surface area contributed by atoms with Gasteiger partial charge in [0.25, 0.3) is 17.7 Å². The van der Waals surface area contributed by atoms with Crippen LogP contribution in [0.2, 0.25) is 5.02 Å². The van der Waals surface area contributed by atoms with E-state index in [4.69, 9.17) is 11.6 Å². The third-order valence-corrected chi connectivity index (χ3v) is 5.01. The largest absolute Gasteiger partial charge is 0.355 e. The molecule has 0 fully saturated rings. The molecule has 3 aromatic rings. The van der Waals surface area contributed by atoms with Crippen molar-refractivity contribution in [1.29, 1.82) is 0 Å². The molecule has 3 rings (SSSR count). The first-order valence-corrected chi connectivity index (χ1v) is 10.1. The summed E-state index contributed by atoms with van der Waals surface area (Å²) in [7, 11) is 3.19. The number of anilines is 1. The van der Waals surface area contributed by atoms with Crippen molar-refractivity contribution < 1.29 is 18.8 Å². The predicted octanol–water partition coefficient (Wildman–Crippen LogP) is 4.36. The van der Waals surface area contributed by atoms with Crippen LogP contribution in [0.4, 0.5) is 10.1 Å². The van der Waals surface area contributed by atoms with Crippen molar-refractivity contribution in [2.24, 2.45) is 0 Å². The maximum absolute atomic E-state index is 13.1. The van der Waals surface area contributed by atoms with Crippen molar-refractivity contribution in [2.45, 2.75) is 6.54 Å². The Hall–Kier alpha value is -3.71. The van der Waals surface area contributed by atoms with Crippen LogP contribution in [0.5, 0.6) is 0 Å². The number of amides is 3. The number of nitrogens with one attached hydrogen (secondary N) is 2. The summed E-state index contributed by atoms with van der Waals surface area (Å²) in [6, 6.07) is 16.6. The van der Waals surface area contributed by atoms with Crippen LogP contribution in [-0.2, 0) is 6.54 Å². The van der Waals surface area contributed by atoms with Crippen LogP contribution in [0.25, 0.3) is 0 Å². The van der Waals surface area contributed by atoms with Crippen LogP contribution in [-0.4, -0.2) is 36.7 Å². The fourth-order valence-corrected chi connectivity index (χ4v) is 3.23. The first-order valence-electron chi connectivity index (χ1n) is 9.71. The van der Waals surface area contributed by atoms with Crippen molar-refractivity contribution >= 4 is 35.0 Å². The van der Waals surface area contributed by atoms with E-state index in [0.29, 0.717) is 17.1 Å². The topological polar surface area (TPSA) is 78.5 Å². The molecule has 0 unspecified atom stereocenters. The lowest BCUT2D eigenvalue weighted by molar-refractivity contribution is 0.0785. The smallest absolute Gasteiger partial charge is 0.256 e. The zero-order valence-corrected chi connectivity index (χ0v) is 18.2. The van der Waals surface area contributed by atoms with E-state index in [0.717, 1.165) is 5.56 Å². The highest BCUT2D eigenvalue weighted by atomic mass is 35.5. The molecule has 0 saturated carbocycles. The van der Waals surface area contributed by atoms with Gasteiger partial charge in [-0.2, -0.15) is 0 Å². The van der Waals surface area contributed by atoms with Crippen LogP contribution in [0.3, 0.4) is 0 Å². The third-order valence-electron chi connectivity index (χ3n) is 4.78. The fraction of sp³-hybridized carbons (Fsp3) is 0.125. The molecule has 32 heavy (non-hydrogen) atoms. The minimum absolute atomic E-state index is 0.191. The summed E-state index contributed by atoms with van der Waals surface area (Å²) in [5, 5.41) is 5.58. The average molecular weight is 454 g/mol. The quantitative estimate of drug-likeness (QED) is 0.582. The van der Waals surface area contributed by atoms with Crippen LogP contribution in [0, 0.1) is 5.82 Å². The minimum Gasteiger partial charge on any atom is -0.355 e. The van der Waals surface area contributed by atoms with E-state index in [1.54, 1.807) is 44.4 Å². The zero-order valence-electron chi connectivity index (χ0n) is 17.5. The van der Waals surface area contributed by atoms with Gasteiger partial charge in [-0.25, -0.2) is 4.39 Å². The number of rotatable bonds is 6. The molecule has 0 aliphatic heterocycles. The van der Waals surface area contributed by atoms with E-state index in [-0.39, 0.29) is 28.6 Å². The van der Waals surface area contributed by atoms with Crippen LogP contribution < -0.4 is 10.6 Å². The second-order valence-corrected chi connectivity index (χ2v) is 7.52. The van der Waals surface area contributed by atoms with Gasteiger partial charge >= 0.3 is 0 Å². The Bertz CT molecular complexity index is 1150. The highest BCUT2D eigenvalue weighted by Crippen LogP contribution is 2.24. The van der Waals surface area contributed by atoms with E-state index in [1.807, 2.05) is 0 Å². The Labute approximate surface area is 190 Å². The van der Waals surface area contributed by atoms with Crippen molar-refractivity contribution in [1.82, 2.24) is 10.2 Å². The van der Waals surface area contributed by atoms with E-state index in [2.05, 4.69) is 10.6 Å². The fourth-order valence-electron chi connectivity index (χ4n) is 3.06. The third kappa shape index (κ3) is 5.50. The Morgan fingerprint density at radius 2 is 1.50 bits per heavy atom. The molecule has 6 nitrogen and oxygen atoms in total. The van der Waals surface area contributed by atoms with Gasteiger partial charge in [0.05, 0.1) is 11.3 Å². The lowest BCUT2D eigenvalue weighted by Crippen LogP contribution is -2.27. The molecule has 0 aliphatic rings. The predicted molar refractivity (Wildman–Crippen MR) is 121 cm³/mol. The van der Waals surface area contributed by atoms with Crippen LogP contribution in [0.1, 0.15) is 36.6 Å².